The van der Waals surface area contributed by atoms with E-state index in [0.29, 0.717) is 18.2 Å². The molecule has 2 heterocycles. The molecule has 0 radical (unpaired) electrons. The zero-order valence-electron chi connectivity index (χ0n) is 12.1. The molecule has 5 heteroatoms. The van der Waals surface area contributed by atoms with Crippen molar-refractivity contribution in [2.24, 2.45) is 0 Å². The van der Waals surface area contributed by atoms with E-state index in [1.807, 2.05) is 20.8 Å². The predicted octanol–water partition coefficient (Wildman–Crippen LogP) is 2.58. The number of aromatic nitrogens is 3. The van der Waals surface area contributed by atoms with Crippen molar-refractivity contribution in [1.29, 1.82) is 0 Å². The van der Waals surface area contributed by atoms with Crippen molar-refractivity contribution in [2.75, 3.05) is 0 Å². The molecule has 20 heavy (non-hydrogen) atoms. The van der Waals surface area contributed by atoms with Crippen LogP contribution in [0.3, 0.4) is 0 Å². The number of aryl methyl sites for hydroxylation is 1. The van der Waals surface area contributed by atoms with Crippen LogP contribution in [0.1, 0.15) is 35.4 Å². The Morgan fingerprint density at radius 3 is 2.70 bits per heavy atom. The van der Waals surface area contributed by atoms with Crippen molar-refractivity contribution in [2.45, 2.75) is 46.2 Å². The molecular formula is C15H19FN4. The van der Waals surface area contributed by atoms with Crippen molar-refractivity contribution in [1.82, 2.24) is 20.1 Å². The highest BCUT2D eigenvalue weighted by Crippen LogP contribution is 2.22. The molecule has 0 aromatic carbocycles. The smallest absolute Gasteiger partial charge is 0.190 e. The van der Waals surface area contributed by atoms with Crippen LogP contribution in [0.5, 0.6) is 0 Å². The van der Waals surface area contributed by atoms with Crippen LogP contribution in [0.4, 0.5) is 4.39 Å². The molecule has 1 fully saturated rings. The molecule has 0 aliphatic heterocycles. The molecule has 1 N–H and O–H groups in total. The second-order valence-corrected chi connectivity index (χ2v) is 5.47. The fourth-order valence-electron chi connectivity index (χ4n) is 2.22. The van der Waals surface area contributed by atoms with E-state index >= 15 is 0 Å². The maximum absolute atomic E-state index is 14.6. The lowest BCUT2D eigenvalue weighted by atomic mass is 10.2. The summed E-state index contributed by atoms with van der Waals surface area (Å²) in [4.78, 5) is 4.16. The quantitative estimate of drug-likeness (QED) is 0.932. The lowest BCUT2D eigenvalue weighted by Gasteiger charge is -2.09. The van der Waals surface area contributed by atoms with Gasteiger partial charge in [0.1, 0.15) is 0 Å². The number of nitrogens with zero attached hydrogens (tertiary/aromatic N) is 3. The number of rotatable bonds is 4. The Morgan fingerprint density at radius 2 is 2.10 bits per heavy atom. The van der Waals surface area contributed by atoms with Gasteiger partial charge in [-0.05, 0) is 45.2 Å². The van der Waals surface area contributed by atoms with Crippen LogP contribution in [-0.4, -0.2) is 20.8 Å². The minimum absolute atomic E-state index is 0.286. The summed E-state index contributed by atoms with van der Waals surface area (Å²) in [7, 11) is 0. The number of halogens is 1. The second kappa shape index (κ2) is 4.98. The molecule has 2 aromatic rings. The van der Waals surface area contributed by atoms with Gasteiger partial charge in [0.25, 0.3) is 0 Å². The van der Waals surface area contributed by atoms with Crippen molar-refractivity contribution >= 4 is 0 Å². The van der Waals surface area contributed by atoms with E-state index in [2.05, 4.69) is 15.4 Å². The van der Waals surface area contributed by atoms with Gasteiger partial charge in [-0.2, -0.15) is 5.10 Å². The zero-order valence-corrected chi connectivity index (χ0v) is 12.1. The SMILES string of the molecule is Cc1nn(-c2nccc(CNC3CC3)c2F)c(C)c1C. The lowest BCUT2D eigenvalue weighted by molar-refractivity contribution is 0.564. The number of hydrogen-bond donors (Lipinski definition) is 1. The molecule has 1 saturated carbocycles. The Morgan fingerprint density at radius 1 is 1.35 bits per heavy atom. The molecule has 0 bridgehead atoms. The topological polar surface area (TPSA) is 42.7 Å². The molecule has 106 valence electrons. The summed E-state index contributed by atoms with van der Waals surface area (Å²) < 4.78 is 16.2. The predicted molar refractivity (Wildman–Crippen MR) is 75.4 cm³/mol. The van der Waals surface area contributed by atoms with Crippen LogP contribution in [0.2, 0.25) is 0 Å². The molecule has 0 amide bonds. The summed E-state index contributed by atoms with van der Waals surface area (Å²) in [5.74, 6) is 0.0000435. The van der Waals surface area contributed by atoms with Crippen LogP contribution in [0.15, 0.2) is 12.3 Å². The first-order valence-corrected chi connectivity index (χ1v) is 6.98. The molecule has 2 aromatic heterocycles. The van der Waals surface area contributed by atoms with Gasteiger partial charge in [-0.15, -0.1) is 0 Å². The summed E-state index contributed by atoms with van der Waals surface area (Å²) in [6.07, 6.45) is 4.03. The van der Waals surface area contributed by atoms with Gasteiger partial charge in [-0.3, -0.25) is 0 Å². The highest BCUT2D eigenvalue weighted by molar-refractivity contribution is 5.35. The van der Waals surface area contributed by atoms with Crippen LogP contribution in [-0.2, 0) is 6.54 Å². The standard InChI is InChI=1S/C15H19FN4/c1-9-10(2)19-20(11(9)3)15-14(16)12(6-7-17-15)8-18-13-4-5-13/h6-7,13,18H,4-5,8H2,1-3H3. The Kier molecular flexibility index (Phi) is 3.30. The van der Waals surface area contributed by atoms with Crippen LogP contribution in [0, 0.1) is 26.6 Å². The lowest BCUT2D eigenvalue weighted by Crippen LogP contribution is -2.17. The Bertz CT molecular complexity index is 644. The third kappa shape index (κ3) is 2.33. The zero-order chi connectivity index (χ0) is 14.3. The Labute approximate surface area is 118 Å². The summed E-state index contributed by atoms with van der Waals surface area (Å²) in [5.41, 5.74) is 3.56. The Hall–Kier alpha value is -1.75. The first-order valence-electron chi connectivity index (χ1n) is 6.98. The molecule has 1 aliphatic rings. The molecule has 0 saturated heterocycles. The van der Waals surface area contributed by atoms with Crippen LogP contribution >= 0.6 is 0 Å². The Balaban J connectivity index is 1.96. The van der Waals surface area contributed by atoms with Gasteiger partial charge in [0.2, 0.25) is 0 Å². The molecule has 0 spiro atoms. The number of pyridine rings is 1. The number of nitrogens with one attached hydrogen (secondary N) is 1. The van der Waals surface area contributed by atoms with Gasteiger partial charge in [0.05, 0.1) is 5.69 Å². The van der Waals surface area contributed by atoms with Crippen LogP contribution in [0.25, 0.3) is 5.82 Å². The van der Waals surface area contributed by atoms with Crippen molar-refractivity contribution < 1.29 is 4.39 Å². The fourth-order valence-corrected chi connectivity index (χ4v) is 2.22. The van der Waals surface area contributed by atoms with E-state index in [-0.39, 0.29) is 11.6 Å². The van der Waals surface area contributed by atoms with Crippen LogP contribution < -0.4 is 5.32 Å². The minimum Gasteiger partial charge on any atom is -0.310 e. The summed E-state index contributed by atoms with van der Waals surface area (Å²) in [5, 5.41) is 7.71. The number of hydrogen-bond acceptors (Lipinski definition) is 3. The summed E-state index contributed by atoms with van der Waals surface area (Å²) >= 11 is 0. The first-order chi connectivity index (χ1) is 9.58. The molecule has 0 unspecified atom stereocenters. The van der Waals surface area contributed by atoms with Gasteiger partial charge in [0, 0.05) is 30.0 Å². The normalized spacial score (nSPS) is 14.8. The second-order valence-electron chi connectivity index (χ2n) is 5.47. The third-order valence-electron chi connectivity index (χ3n) is 3.96. The molecule has 1 aliphatic carbocycles. The van der Waals surface area contributed by atoms with Gasteiger partial charge in [-0.1, -0.05) is 0 Å². The molecule has 3 rings (SSSR count). The molecular weight excluding hydrogens is 255 g/mol. The largest absolute Gasteiger partial charge is 0.310 e. The van der Waals surface area contributed by atoms with E-state index in [0.717, 1.165) is 17.0 Å². The first kappa shape index (κ1) is 13.2. The monoisotopic (exact) mass is 274 g/mol. The average Bonchev–Trinajstić information content (AvgIpc) is 3.22. The maximum atomic E-state index is 14.6. The van der Waals surface area contributed by atoms with E-state index < -0.39 is 0 Å². The maximum Gasteiger partial charge on any atom is 0.190 e. The van der Waals surface area contributed by atoms with Gasteiger partial charge >= 0.3 is 0 Å². The summed E-state index contributed by atoms with van der Waals surface area (Å²) in [6, 6.07) is 2.29. The minimum atomic E-state index is -0.286. The van der Waals surface area contributed by atoms with E-state index in [4.69, 9.17) is 0 Å². The van der Waals surface area contributed by atoms with Gasteiger partial charge in [0.15, 0.2) is 11.6 Å². The van der Waals surface area contributed by atoms with E-state index in [9.17, 15) is 4.39 Å². The van der Waals surface area contributed by atoms with Crippen molar-refractivity contribution in [3.05, 3.63) is 40.6 Å². The van der Waals surface area contributed by atoms with Gasteiger partial charge < -0.3 is 5.32 Å². The highest BCUT2D eigenvalue weighted by Gasteiger charge is 2.22. The van der Waals surface area contributed by atoms with Gasteiger partial charge in [-0.25, -0.2) is 14.1 Å². The summed E-state index contributed by atoms with van der Waals surface area (Å²) in [6.45, 7) is 6.40. The average molecular weight is 274 g/mol. The van der Waals surface area contributed by atoms with Crippen molar-refractivity contribution in [3.63, 3.8) is 0 Å². The highest BCUT2D eigenvalue weighted by atomic mass is 19.1. The van der Waals surface area contributed by atoms with E-state index in [1.165, 1.54) is 12.8 Å². The molecule has 0 atom stereocenters. The molecule has 4 nitrogen and oxygen atoms in total. The third-order valence-corrected chi connectivity index (χ3v) is 3.96. The fraction of sp³-hybridized carbons (Fsp3) is 0.467. The van der Waals surface area contributed by atoms with E-state index in [1.54, 1.807) is 16.9 Å². The van der Waals surface area contributed by atoms with Crippen molar-refractivity contribution in [3.8, 4) is 5.82 Å².